The summed E-state index contributed by atoms with van der Waals surface area (Å²) in [4.78, 5) is 17.2. The molecule has 3 aromatic rings. The monoisotopic (exact) mass is 468 g/mol. The van der Waals surface area contributed by atoms with Gasteiger partial charge in [0.25, 0.3) is 5.91 Å². The third-order valence-corrected chi connectivity index (χ3v) is 6.39. The zero-order chi connectivity index (χ0) is 22.5. The molecule has 1 fully saturated rings. The molecule has 0 aromatic heterocycles. The SMILES string of the molecule is Cc1cc(OCc2ccc(C(=O)N3CCN(Cc4ccc(Cl)cc4)CC3)cc2)ccc1Cl. The van der Waals surface area contributed by atoms with Crippen LogP contribution in [0.1, 0.15) is 27.0 Å². The Balaban J connectivity index is 1.27. The second-order valence-electron chi connectivity index (χ2n) is 8.09. The summed E-state index contributed by atoms with van der Waals surface area (Å²) in [5, 5.41) is 1.48. The molecule has 3 aromatic carbocycles. The Hall–Kier alpha value is -2.53. The number of carbonyl (C=O) groups is 1. The first-order valence-corrected chi connectivity index (χ1v) is 11.5. The Labute approximate surface area is 199 Å². The van der Waals surface area contributed by atoms with E-state index in [0.717, 1.165) is 59.6 Å². The Bertz CT molecular complexity index is 1060. The van der Waals surface area contributed by atoms with Crippen molar-refractivity contribution in [2.75, 3.05) is 26.2 Å². The minimum absolute atomic E-state index is 0.0805. The largest absolute Gasteiger partial charge is 0.489 e. The number of nitrogens with zero attached hydrogens (tertiary/aromatic N) is 2. The highest BCUT2D eigenvalue weighted by Crippen LogP contribution is 2.22. The van der Waals surface area contributed by atoms with E-state index >= 15 is 0 Å². The Morgan fingerprint density at radius 3 is 2.19 bits per heavy atom. The van der Waals surface area contributed by atoms with Gasteiger partial charge in [0, 0.05) is 48.3 Å². The molecule has 0 spiro atoms. The molecule has 0 bridgehead atoms. The quantitative estimate of drug-likeness (QED) is 0.455. The van der Waals surface area contributed by atoms with Crippen LogP contribution in [0.25, 0.3) is 0 Å². The normalized spacial score (nSPS) is 14.4. The molecule has 0 aliphatic carbocycles. The fraction of sp³-hybridized carbons (Fsp3) is 0.269. The number of hydrogen-bond donors (Lipinski definition) is 0. The van der Waals surface area contributed by atoms with Crippen LogP contribution in [0.15, 0.2) is 66.7 Å². The highest BCUT2D eigenvalue weighted by atomic mass is 35.5. The van der Waals surface area contributed by atoms with Gasteiger partial charge in [0.05, 0.1) is 0 Å². The lowest BCUT2D eigenvalue weighted by atomic mass is 10.1. The Morgan fingerprint density at radius 1 is 0.875 bits per heavy atom. The summed E-state index contributed by atoms with van der Waals surface area (Å²) in [5.74, 6) is 0.862. The maximum atomic E-state index is 12.9. The maximum absolute atomic E-state index is 12.9. The van der Waals surface area contributed by atoms with Crippen LogP contribution in [0, 0.1) is 6.92 Å². The lowest BCUT2D eigenvalue weighted by Gasteiger charge is -2.34. The number of benzene rings is 3. The minimum atomic E-state index is 0.0805. The molecule has 0 atom stereocenters. The number of hydrogen-bond acceptors (Lipinski definition) is 3. The van der Waals surface area contributed by atoms with Crippen molar-refractivity contribution in [1.29, 1.82) is 0 Å². The van der Waals surface area contributed by atoms with Gasteiger partial charge in [0.2, 0.25) is 0 Å². The molecule has 0 N–H and O–H groups in total. The molecule has 0 unspecified atom stereocenters. The number of rotatable bonds is 6. The second-order valence-corrected chi connectivity index (χ2v) is 8.94. The highest BCUT2D eigenvalue weighted by Gasteiger charge is 2.22. The molecule has 1 aliphatic heterocycles. The van der Waals surface area contributed by atoms with Crippen LogP contribution in [0.3, 0.4) is 0 Å². The summed E-state index contributed by atoms with van der Waals surface area (Å²) in [6.45, 7) is 6.45. The molecule has 4 nitrogen and oxygen atoms in total. The first-order valence-electron chi connectivity index (χ1n) is 10.7. The third-order valence-electron chi connectivity index (χ3n) is 5.71. The molecule has 166 valence electrons. The van der Waals surface area contributed by atoms with E-state index in [4.69, 9.17) is 27.9 Å². The summed E-state index contributed by atoms with van der Waals surface area (Å²) in [7, 11) is 0. The van der Waals surface area contributed by atoms with Gasteiger partial charge in [-0.15, -0.1) is 0 Å². The minimum Gasteiger partial charge on any atom is -0.489 e. The van der Waals surface area contributed by atoms with E-state index < -0.39 is 0 Å². The lowest BCUT2D eigenvalue weighted by Crippen LogP contribution is -2.48. The Morgan fingerprint density at radius 2 is 1.53 bits per heavy atom. The van der Waals surface area contributed by atoms with Gasteiger partial charge in [-0.3, -0.25) is 9.69 Å². The van der Waals surface area contributed by atoms with Crippen LogP contribution >= 0.6 is 23.2 Å². The molecular formula is C26H26Cl2N2O2. The van der Waals surface area contributed by atoms with Crippen LogP contribution in [-0.4, -0.2) is 41.9 Å². The van der Waals surface area contributed by atoms with Crippen molar-refractivity contribution in [2.45, 2.75) is 20.1 Å². The number of ether oxygens (including phenoxy) is 1. The molecule has 1 saturated heterocycles. The zero-order valence-electron chi connectivity index (χ0n) is 18.1. The smallest absolute Gasteiger partial charge is 0.253 e. The van der Waals surface area contributed by atoms with Crippen molar-refractivity contribution in [3.8, 4) is 5.75 Å². The van der Waals surface area contributed by atoms with Crippen molar-refractivity contribution >= 4 is 29.1 Å². The van der Waals surface area contributed by atoms with Crippen LogP contribution in [-0.2, 0) is 13.2 Å². The molecule has 1 aliphatic rings. The molecule has 0 saturated carbocycles. The molecule has 4 rings (SSSR count). The third kappa shape index (κ3) is 5.83. The fourth-order valence-corrected chi connectivity index (χ4v) is 4.00. The van der Waals surface area contributed by atoms with Crippen molar-refractivity contribution in [1.82, 2.24) is 9.80 Å². The van der Waals surface area contributed by atoms with Gasteiger partial charge >= 0.3 is 0 Å². The van der Waals surface area contributed by atoms with Gasteiger partial charge in [-0.1, -0.05) is 47.5 Å². The molecule has 6 heteroatoms. The number of amides is 1. The van der Waals surface area contributed by atoms with Gasteiger partial charge in [0.1, 0.15) is 12.4 Å². The van der Waals surface area contributed by atoms with Gasteiger partial charge in [-0.2, -0.15) is 0 Å². The predicted octanol–water partition coefficient (Wildman–Crippen LogP) is 5.84. The average molecular weight is 469 g/mol. The summed E-state index contributed by atoms with van der Waals surface area (Å²) >= 11 is 12.0. The van der Waals surface area contributed by atoms with Crippen molar-refractivity contribution in [3.05, 3.63) is 99.0 Å². The highest BCUT2D eigenvalue weighted by molar-refractivity contribution is 6.31. The summed E-state index contributed by atoms with van der Waals surface area (Å²) in [6.07, 6.45) is 0. The molecular weight excluding hydrogens is 443 g/mol. The molecule has 0 radical (unpaired) electrons. The van der Waals surface area contributed by atoms with Gasteiger partial charge in [0.15, 0.2) is 0 Å². The van der Waals surface area contributed by atoms with Crippen molar-refractivity contribution in [2.24, 2.45) is 0 Å². The Kier molecular flexibility index (Phi) is 7.36. The summed E-state index contributed by atoms with van der Waals surface area (Å²) < 4.78 is 5.84. The maximum Gasteiger partial charge on any atom is 0.253 e. The van der Waals surface area contributed by atoms with E-state index in [-0.39, 0.29) is 5.91 Å². The number of halogens is 2. The lowest BCUT2D eigenvalue weighted by molar-refractivity contribution is 0.0628. The summed E-state index contributed by atoms with van der Waals surface area (Å²) in [6, 6.07) is 21.2. The van der Waals surface area contributed by atoms with E-state index in [2.05, 4.69) is 17.0 Å². The van der Waals surface area contributed by atoms with Crippen LogP contribution in [0.5, 0.6) is 5.75 Å². The second kappa shape index (κ2) is 10.4. The fourth-order valence-electron chi connectivity index (χ4n) is 3.76. The van der Waals surface area contributed by atoms with Gasteiger partial charge in [-0.05, 0) is 66.1 Å². The van der Waals surface area contributed by atoms with Gasteiger partial charge in [-0.25, -0.2) is 0 Å². The molecule has 1 heterocycles. The number of piperazine rings is 1. The molecule has 32 heavy (non-hydrogen) atoms. The molecule has 1 amide bonds. The van der Waals surface area contributed by atoms with E-state index in [0.29, 0.717) is 12.2 Å². The number of carbonyl (C=O) groups excluding carboxylic acids is 1. The van der Waals surface area contributed by atoms with Crippen molar-refractivity contribution in [3.63, 3.8) is 0 Å². The predicted molar refractivity (Wildman–Crippen MR) is 130 cm³/mol. The first-order chi connectivity index (χ1) is 15.5. The topological polar surface area (TPSA) is 32.8 Å². The average Bonchev–Trinajstić information content (AvgIpc) is 2.82. The van der Waals surface area contributed by atoms with Crippen LogP contribution in [0.4, 0.5) is 0 Å². The van der Waals surface area contributed by atoms with E-state index in [1.54, 1.807) is 0 Å². The van der Waals surface area contributed by atoms with Gasteiger partial charge < -0.3 is 9.64 Å². The van der Waals surface area contributed by atoms with E-state index in [9.17, 15) is 4.79 Å². The summed E-state index contributed by atoms with van der Waals surface area (Å²) in [5.41, 5.74) is 3.95. The van der Waals surface area contributed by atoms with Crippen molar-refractivity contribution < 1.29 is 9.53 Å². The van der Waals surface area contributed by atoms with E-state index in [1.165, 1.54) is 5.56 Å². The first kappa shape index (κ1) is 22.7. The standard InChI is InChI=1S/C26H26Cl2N2O2/c1-19-16-24(10-11-25(19)28)32-18-21-2-6-22(7-3-21)26(31)30-14-12-29(13-15-30)17-20-4-8-23(27)9-5-20/h2-11,16H,12-15,17-18H2,1H3. The zero-order valence-corrected chi connectivity index (χ0v) is 19.6. The van der Waals surface area contributed by atoms with Crippen LogP contribution < -0.4 is 4.74 Å². The van der Waals surface area contributed by atoms with Crippen LogP contribution in [0.2, 0.25) is 10.0 Å². The van der Waals surface area contributed by atoms with E-state index in [1.807, 2.05) is 66.4 Å². The number of aryl methyl sites for hydroxylation is 1.